The predicted octanol–water partition coefficient (Wildman–Crippen LogP) is 2.25. The molecule has 160 valence electrons. The maximum Gasteiger partial charge on any atom is 0.251 e. The van der Waals surface area contributed by atoms with Gasteiger partial charge in [0.05, 0.1) is 13.2 Å². The molecule has 2 aromatic rings. The van der Waals surface area contributed by atoms with E-state index in [-0.39, 0.29) is 30.3 Å². The first-order valence-corrected chi connectivity index (χ1v) is 9.71. The van der Waals surface area contributed by atoms with Crippen LogP contribution in [-0.4, -0.2) is 50.6 Å². The zero-order valence-corrected chi connectivity index (χ0v) is 17.5. The monoisotopic (exact) mass is 412 g/mol. The van der Waals surface area contributed by atoms with Crippen LogP contribution in [0.3, 0.4) is 0 Å². The fourth-order valence-corrected chi connectivity index (χ4v) is 2.58. The number of hydrogen-bond acceptors (Lipinski definition) is 5. The summed E-state index contributed by atoms with van der Waals surface area (Å²) in [6.07, 6.45) is 0. The largest absolute Gasteiger partial charge is 0.383 e. The van der Waals surface area contributed by atoms with Crippen molar-refractivity contribution >= 4 is 29.1 Å². The second-order valence-electron chi connectivity index (χ2n) is 6.94. The van der Waals surface area contributed by atoms with Crippen molar-refractivity contribution in [1.82, 2.24) is 10.6 Å². The second-order valence-corrected chi connectivity index (χ2v) is 6.94. The molecule has 2 rings (SSSR count). The molecule has 0 heterocycles. The average Bonchev–Trinajstić information content (AvgIpc) is 2.72. The van der Waals surface area contributed by atoms with Gasteiger partial charge in [-0.3, -0.25) is 14.4 Å². The van der Waals surface area contributed by atoms with E-state index < -0.39 is 0 Å². The first kappa shape index (κ1) is 22.9. The van der Waals surface area contributed by atoms with Gasteiger partial charge in [-0.15, -0.1) is 0 Å². The number of amides is 3. The third-order valence-electron chi connectivity index (χ3n) is 4.02. The predicted molar refractivity (Wildman–Crippen MR) is 117 cm³/mol. The lowest BCUT2D eigenvalue weighted by molar-refractivity contribution is -0.114. The summed E-state index contributed by atoms with van der Waals surface area (Å²) in [6.45, 7) is 4.70. The van der Waals surface area contributed by atoms with Crippen LogP contribution in [0.1, 0.15) is 34.6 Å². The zero-order chi connectivity index (χ0) is 21.9. The molecule has 0 aliphatic heterocycles. The van der Waals surface area contributed by atoms with E-state index in [0.29, 0.717) is 35.7 Å². The highest BCUT2D eigenvalue weighted by atomic mass is 16.5. The lowest BCUT2D eigenvalue weighted by Crippen LogP contribution is -2.30. The maximum absolute atomic E-state index is 12.2. The van der Waals surface area contributed by atoms with E-state index in [1.807, 2.05) is 13.8 Å². The molecule has 0 saturated carbocycles. The quantitative estimate of drug-likeness (QED) is 0.448. The number of carbonyl (C=O) groups excluding carboxylic acids is 3. The molecule has 0 spiro atoms. The summed E-state index contributed by atoms with van der Waals surface area (Å²) in [5.41, 5.74) is 2.28. The van der Waals surface area contributed by atoms with Gasteiger partial charge in [-0.25, -0.2) is 0 Å². The summed E-state index contributed by atoms with van der Waals surface area (Å²) < 4.78 is 4.89. The highest BCUT2D eigenvalue weighted by Gasteiger charge is 2.09. The molecule has 0 saturated heterocycles. The van der Waals surface area contributed by atoms with Crippen LogP contribution < -0.4 is 21.3 Å². The molecule has 0 aromatic heterocycles. The summed E-state index contributed by atoms with van der Waals surface area (Å²) in [6, 6.07) is 13.6. The summed E-state index contributed by atoms with van der Waals surface area (Å²) in [4.78, 5) is 36.2. The third kappa shape index (κ3) is 7.56. The normalized spacial score (nSPS) is 10.4. The molecular formula is C22H28N4O4. The smallest absolute Gasteiger partial charge is 0.251 e. The topological polar surface area (TPSA) is 109 Å². The van der Waals surface area contributed by atoms with E-state index in [1.165, 1.54) is 0 Å². The molecule has 30 heavy (non-hydrogen) atoms. The van der Waals surface area contributed by atoms with Crippen molar-refractivity contribution in [3.05, 3.63) is 59.7 Å². The van der Waals surface area contributed by atoms with Crippen molar-refractivity contribution in [3.8, 4) is 0 Å². The van der Waals surface area contributed by atoms with E-state index in [4.69, 9.17) is 4.74 Å². The van der Waals surface area contributed by atoms with E-state index in [9.17, 15) is 14.4 Å². The minimum atomic E-state index is -0.246. The molecule has 4 N–H and O–H groups in total. The van der Waals surface area contributed by atoms with Crippen LogP contribution in [0, 0.1) is 0 Å². The Hall–Kier alpha value is -3.39. The number of hydrogen-bond donors (Lipinski definition) is 4. The standard InChI is InChI=1S/C22H28N4O4/c1-15(2)25-22(29)17-5-4-6-19(13-17)24-14-20(27)26-18-9-7-16(8-10-18)21(28)23-11-12-30-3/h4-10,13,15,24H,11-12,14H2,1-3H3,(H,23,28)(H,25,29)(H,26,27). The van der Waals surface area contributed by atoms with Gasteiger partial charge in [0, 0.05) is 42.2 Å². The number of anilines is 2. The van der Waals surface area contributed by atoms with Crippen molar-refractivity contribution in [3.63, 3.8) is 0 Å². The fourth-order valence-electron chi connectivity index (χ4n) is 2.58. The molecular weight excluding hydrogens is 384 g/mol. The van der Waals surface area contributed by atoms with E-state index >= 15 is 0 Å². The van der Waals surface area contributed by atoms with Crippen LogP contribution in [0.2, 0.25) is 0 Å². The van der Waals surface area contributed by atoms with Gasteiger partial charge < -0.3 is 26.0 Å². The molecule has 0 aliphatic carbocycles. The highest BCUT2D eigenvalue weighted by Crippen LogP contribution is 2.12. The lowest BCUT2D eigenvalue weighted by Gasteiger charge is -2.11. The van der Waals surface area contributed by atoms with E-state index in [1.54, 1.807) is 55.6 Å². The fraction of sp³-hybridized carbons (Fsp3) is 0.318. The Morgan fingerprint density at radius 1 is 0.933 bits per heavy atom. The third-order valence-corrected chi connectivity index (χ3v) is 4.02. The lowest BCUT2D eigenvalue weighted by atomic mass is 10.1. The SMILES string of the molecule is COCCNC(=O)c1ccc(NC(=O)CNc2cccc(C(=O)NC(C)C)c2)cc1. The highest BCUT2D eigenvalue weighted by molar-refractivity contribution is 5.97. The van der Waals surface area contributed by atoms with Crippen LogP contribution in [-0.2, 0) is 9.53 Å². The van der Waals surface area contributed by atoms with Crippen LogP contribution >= 0.6 is 0 Å². The minimum Gasteiger partial charge on any atom is -0.383 e. The molecule has 0 fully saturated rings. The minimum absolute atomic E-state index is 0.0362. The second kappa shape index (κ2) is 11.6. The molecule has 0 aliphatic rings. The van der Waals surface area contributed by atoms with Crippen LogP contribution in [0.15, 0.2) is 48.5 Å². The van der Waals surface area contributed by atoms with Gasteiger partial charge in [0.2, 0.25) is 5.91 Å². The van der Waals surface area contributed by atoms with Crippen LogP contribution in [0.25, 0.3) is 0 Å². The van der Waals surface area contributed by atoms with Gasteiger partial charge in [0.15, 0.2) is 0 Å². The van der Waals surface area contributed by atoms with Crippen molar-refractivity contribution in [2.45, 2.75) is 19.9 Å². The number of methoxy groups -OCH3 is 1. The van der Waals surface area contributed by atoms with E-state index in [0.717, 1.165) is 0 Å². The average molecular weight is 412 g/mol. The van der Waals surface area contributed by atoms with Crippen molar-refractivity contribution < 1.29 is 19.1 Å². The Kier molecular flexibility index (Phi) is 8.83. The number of ether oxygens (including phenoxy) is 1. The van der Waals surface area contributed by atoms with Gasteiger partial charge in [0.25, 0.3) is 11.8 Å². The Balaban J connectivity index is 1.85. The summed E-state index contributed by atoms with van der Waals surface area (Å²) in [7, 11) is 1.57. The molecule has 0 atom stereocenters. The van der Waals surface area contributed by atoms with E-state index in [2.05, 4.69) is 21.3 Å². The summed E-state index contributed by atoms with van der Waals surface area (Å²) in [5, 5.41) is 11.3. The number of carbonyl (C=O) groups is 3. The first-order valence-electron chi connectivity index (χ1n) is 9.71. The Labute approximate surface area is 176 Å². The van der Waals surface area contributed by atoms with Gasteiger partial charge in [0.1, 0.15) is 0 Å². The van der Waals surface area contributed by atoms with Gasteiger partial charge in [-0.2, -0.15) is 0 Å². The van der Waals surface area contributed by atoms with Crippen molar-refractivity contribution in [2.75, 3.05) is 37.4 Å². The molecule has 2 aromatic carbocycles. The Morgan fingerprint density at radius 2 is 1.67 bits per heavy atom. The van der Waals surface area contributed by atoms with Crippen LogP contribution in [0.5, 0.6) is 0 Å². The molecule has 8 nitrogen and oxygen atoms in total. The Bertz CT molecular complexity index is 866. The first-order chi connectivity index (χ1) is 14.4. The summed E-state index contributed by atoms with van der Waals surface area (Å²) >= 11 is 0. The zero-order valence-electron chi connectivity index (χ0n) is 17.5. The molecule has 0 unspecified atom stereocenters. The summed E-state index contributed by atoms with van der Waals surface area (Å²) in [5.74, 6) is -0.609. The van der Waals surface area contributed by atoms with Crippen molar-refractivity contribution in [1.29, 1.82) is 0 Å². The van der Waals surface area contributed by atoms with Crippen LogP contribution in [0.4, 0.5) is 11.4 Å². The molecule has 3 amide bonds. The molecule has 8 heteroatoms. The Morgan fingerprint density at radius 3 is 2.33 bits per heavy atom. The van der Waals surface area contributed by atoms with Gasteiger partial charge in [-0.1, -0.05) is 6.07 Å². The van der Waals surface area contributed by atoms with Gasteiger partial charge in [-0.05, 0) is 56.3 Å². The van der Waals surface area contributed by atoms with Crippen molar-refractivity contribution in [2.24, 2.45) is 0 Å². The molecule has 0 bridgehead atoms. The molecule has 0 radical (unpaired) electrons. The number of rotatable bonds is 10. The number of benzene rings is 2. The maximum atomic E-state index is 12.2. The number of nitrogens with one attached hydrogen (secondary N) is 4. The van der Waals surface area contributed by atoms with Gasteiger partial charge >= 0.3 is 0 Å².